The number of methoxy groups -OCH3 is 1. The molecule has 27 heavy (non-hydrogen) atoms. The third-order valence-corrected chi connectivity index (χ3v) is 4.67. The maximum absolute atomic E-state index is 12.2. The average Bonchev–Trinajstić information content (AvgIpc) is 2.69. The van der Waals surface area contributed by atoms with Crippen LogP contribution in [0.5, 0.6) is 5.75 Å². The highest BCUT2D eigenvalue weighted by molar-refractivity contribution is 6.31. The minimum absolute atomic E-state index is 0.168. The van der Waals surface area contributed by atoms with Crippen LogP contribution in [-0.4, -0.2) is 29.5 Å². The second-order valence-electron chi connectivity index (χ2n) is 6.38. The van der Waals surface area contributed by atoms with Gasteiger partial charge in [0.2, 0.25) is 5.95 Å². The van der Waals surface area contributed by atoms with E-state index in [1.54, 1.807) is 25.3 Å². The molecule has 0 bridgehead atoms. The number of benzene rings is 1. The Balaban J connectivity index is 1.56. The predicted octanol–water partition coefficient (Wildman–Crippen LogP) is 4.50. The van der Waals surface area contributed by atoms with Gasteiger partial charge in [0.25, 0.3) is 5.91 Å². The van der Waals surface area contributed by atoms with Crippen LogP contribution >= 0.6 is 11.6 Å². The van der Waals surface area contributed by atoms with E-state index >= 15 is 0 Å². The second-order valence-corrected chi connectivity index (χ2v) is 6.82. The van der Waals surface area contributed by atoms with Crippen LogP contribution in [0, 0.1) is 0 Å². The molecule has 0 unspecified atom stereocenters. The molecule has 0 atom stereocenters. The summed E-state index contributed by atoms with van der Waals surface area (Å²) in [6.07, 6.45) is 11.0. The van der Waals surface area contributed by atoms with E-state index in [-0.39, 0.29) is 5.91 Å². The number of nitrogens with one attached hydrogen (secondary N) is 2. The molecule has 142 valence electrons. The maximum atomic E-state index is 12.2. The summed E-state index contributed by atoms with van der Waals surface area (Å²) in [5, 5.41) is 6.54. The summed E-state index contributed by atoms with van der Waals surface area (Å²) in [5.41, 5.74) is 2.52. The fourth-order valence-electron chi connectivity index (χ4n) is 2.98. The lowest BCUT2D eigenvalue weighted by atomic mass is 9.97. The number of carbonyl (C=O) groups is 1. The molecule has 7 heteroatoms. The van der Waals surface area contributed by atoms with Crippen LogP contribution in [0.15, 0.2) is 42.2 Å². The van der Waals surface area contributed by atoms with Crippen LogP contribution in [0.25, 0.3) is 0 Å². The van der Waals surface area contributed by atoms with Gasteiger partial charge in [-0.15, -0.1) is 0 Å². The van der Waals surface area contributed by atoms with Crippen LogP contribution in [-0.2, 0) is 0 Å². The van der Waals surface area contributed by atoms with Crippen molar-refractivity contribution < 1.29 is 9.53 Å². The van der Waals surface area contributed by atoms with Gasteiger partial charge in [0, 0.05) is 24.0 Å². The second kappa shape index (κ2) is 9.37. The van der Waals surface area contributed by atoms with E-state index in [2.05, 4.69) is 26.7 Å². The molecule has 2 aromatic rings. The van der Waals surface area contributed by atoms with E-state index in [1.807, 2.05) is 0 Å². The van der Waals surface area contributed by atoms with Crippen LogP contribution in [0.4, 0.5) is 11.6 Å². The Kier molecular flexibility index (Phi) is 6.65. The van der Waals surface area contributed by atoms with Crippen LogP contribution in [0.1, 0.15) is 42.5 Å². The average molecular weight is 387 g/mol. The molecule has 1 aromatic heterocycles. The summed E-state index contributed by atoms with van der Waals surface area (Å²) < 4.78 is 5.28. The molecule has 6 nitrogen and oxygen atoms in total. The van der Waals surface area contributed by atoms with Gasteiger partial charge in [-0.2, -0.15) is 0 Å². The Morgan fingerprint density at radius 3 is 2.78 bits per heavy atom. The Hall–Kier alpha value is -2.60. The third kappa shape index (κ3) is 5.44. The molecule has 0 saturated carbocycles. The molecule has 0 radical (unpaired) electrons. The number of rotatable bonds is 7. The largest absolute Gasteiger partial charge is 0.495 e. The van der Waals surface area contributed by atoms with Gasteiger partial charge < -0.3 is 15.4 Å². The topological polar surface area (TPSA) is 76.1 Å². The van der Waals surface area contributed by atoms with Crippen LogP contribution < -0.4 is 15.4 Å². The number of ether oxygens (including phenoxy) is 1. The zero-order chi connectivity index (χ0) is 19.1. The number of nitrogens with zero attached hydrogens (tertiary/aromatic N) is 2. The highest BCUT2D eigenvalue weighted by Gasteiger charge is 2.10. The zero-order valence-electron chi connectivity index (χ0n) is 15.3. The molecule has 0 spiro atoms. The monoisotopic (exact) mass is 386 g/mol. The highest BCUT2D eigenvalue weighted by atomic mass is 35.5. The van der Waals surface area contributed by atoms with Crippen molar-refractivity contribution in [2.75, 3.05) is 19.0 Å². The summed E-state index contributed by atoms with van der Waals surface area (Å²) in [4.78, 5) is 20.6. The van der Waals surface area contributed by atoms with Gasteiger partial charge in [-0.1, -0.05) is 23.3 Å². The predicted molar refractivity (Wildman–Crippen MR) is 107 cm³/mol. The minimum Gasteiger partial charge on any atom is -0.495 e. The molecule has 1 aliphatic rings. The SMILES string of the molecule is COc1ccc(Cl)cc1Nc1ncc(C(=O)NCCC2=CCCCC2)cn1. The van der Waals surface area contributed by atoms with E-state index in [4.69, 9.17) is 16.3 Å². The van der Waals surface area contributed by atoms with Crippen molar-refractivity contribution in [3.05, 3.63) is 52.8 Å². The highest BCUT2D eigenvalue weighted by Crippen LogP contribution is 2.29. The summed E-state index contributed by atoms with van der Waals surface area (Å²) >= 11 is 6.02. The summed E-state index contributed by atoms with van der Waals surface area (Å²) in [5.74, 6) is 0.819. The van der Waals surface area contributed by atoms with E-state index < -0.39 is 0 Å². The lowest BCUT2D eigenvalue weighted by Gasteiger charge is -2.13. The van der Waals surface area contributed by atoms with E-state index in [0.29, 0.717) is 34.5 Å². The van der Waals surface area contributed by atoms with Gasteiger partial charge in [-0.25, -0.2) is 9.97 Å². The summed E-state index contributed by atoms with van der Waals surface area (Å²) in [7, 11) is 1.58. The molecular weight excluding hydrogens is 364 g/mol. The molecule has 1 amide bonds. The first kappa shape index (κ1) is 19.2. The zero-order valence-corrected chi connectivity index (χ0v) is 16.1. The molecule has 1 aromatic carbocycles. The number of hydrogen-bond acceptors (Lipinski definition) is 5. The van der Waals surface area contributed by atoms with Gasteiger partial charge in [0.05, 0.1) is 18.4 Å². The molecule has 1 heterocycles. The van der Waals surface area contributed by atoms with Crippen molar-refractivity contribution in [2.24, 2.45) is 0 Å². The number of aromatic nitrogens is 2. The van der Waals surface area contributed by atoms with Gasteiger partial charge >= 0.3 is 0 Å². The summed E-state index contributed by atoms with van der Waals surface area (Å²) in [6, 6.07) is 5.22. The fourth-order valence-corrected chi connectivity index (χ4v) is 3.15. The number of halogens is 1. The van der Waals surface area contributed by atoms with Crippen molar-refractivity contribution in [2.45, 2.75) is 32.1 Å². The van der Waals surface area contributed by atoms with Crippen molar-refractivity contribution >= 4 is 29.1 Å². The lowest BCUT2D eigenvalue weighted by molar-refractivity contribution is 0.0953. The smallest absolute Gasteiger partial charge is 0.254 e. The van der Waals surface area contributed by atoms with Gasteiger partial charge in [-0.3, -0.25) is 4.79 Å². The first-order valence-electron chi connectivity index (χ1n) is 9.04. The minimum atomic E-state index is -0.168. The number of allylic oxidation sites excluding steroid dienone is 1. The molecule has 0 fully saturated rings. The molecule has 1 aliphatic carbocycles. The quantitative estimate of drug-likeness (QED) is 0.685. The van der Waals surface area contributed by atoms with Crippen molar-refractivity contribution in [1.29, 1.82) is 0 Å². The Morgan fingerprint density at radius 1 is 1.26 bits per heavy atom. The number of amides is 1. The standard InChI is InChI=1S/C20H23ClN4O2/c1-27-18-8-7-16(21)11-17(18)25-20-23-12-15(13-24-20)19(26)22-10-9-14-5-3-2-4-6-14/h5,7-8,11-13H,2-4,6,9-10H2,1H3,(H,22,26)(H,23,24,25). The third-order valence-electron chi connectivity index (χ3n) is 4.44. The van der Waals surface area contributed by atoms with Crippen molar-refractivity contribution in [3.8, 4) is 5.75 Å². The van der Waals surface area contributed by atoms with Gasteiger partial charge in [0.15, 0.2) is 0 Å². The Morgan fingerprint density at radius 2 is 2.07 bits per heavy atom. The lowest BCUT2D eigenvalue weighted by Crippen LogP contribution is -2.25. The van der Waals surface area contributed by atoms with Crippen molar-refractivity contribution in [1.82, 2.24) is 15.3 Å². The number of hydrogen-bond donors (Lipinski definition) is 2. The van der Waals surface area contributed by atoms with E-state index in [9.17, 15) is 4.79 Å². The maximum Gasteiger partial charge on any atom is 0.254 e. The van der Waals surface area contributed by atoms with Crippen LogP contribution in [0.3, 0.4) is 0 Å². The van der Waals surface area contributed by atoms with Gasteiger partial charge in [-0.05, 0) is 50.3 Å². The number of anilines is 2. The Bertz CT molecular complexity index is 821. The molecule has 3 rings (SSSR count). The molecular formula is C20H23ClN4O2. The van der Waals surface area contributed by atoms with E-state index in [0.717, 1.165) is 19.3 Å². The molecule has 0 aliphatic heterocycles. The normalized spacial score (nSPS) is 13.6. The van der Waals surface area contributed by atoms with E-state index in [1.165, 1.54) is 30.8 Å². The summed E-state index contributed by atoms with van der Waals surface area (Å²) in [6.45, 7) is 0.629. The molecule has 0 saturated heterocycles. The number of carbonyl (C=O) groups excluding carboxylic acids is 1. The Labute approximate surface area is 164 Å². The van der Waals surface area contributed by atoms with Crippen molar-refractivity contribution in [3.63, 3.8) is 0 Å². The first-order chi connectivity index (χ1) is 13.2. The molecule has 2 N–H and O–H groups in total. The fraction of sp³-hybridized carbons (Fsp3) is 0.350. The van der Waals surface area contributed by atoms with Crippen LogP contribution in [0.2, 0.25) is 5.02 Å². The van der Waals surface area contributed by atoms with Gasteiger partial charge in [0.1, 0.15) is 5.75 Å². The first-order valence-corrected chi connectivity index (χ1v) is 9.42.